The van der Waals surface area contributed by atoms with Gasteiger partial charge in [0.1, 0.15) is 34.5 Å². The molecule has 0 bridgehead atoms. The lowest BCUT2D eigenvalue weighted by atomic mass is 9.33. The first kappa shape index (κ1) is 19.7. The lowest BCUT2D eigenvalue weighted by Crippen LogP contribution is -2.59. The third kappa shape index (κ3) is 2.50. The van der Waals surface area contributed by atoms with Crippen LogP contribution in [0.3, 0.4) is 0 Å². The van der Waals surface area contributed by atoms with Crippen molar-refractivity contribution in [2.45, 2.75) is 13.8 Å². The standard InChI is InChI=1S/C30H19BN2O3/c1-16-18(7-5-13-32-16)20-15-21(19-8-6-14-33-17(19)2)30-28-29(20)35-24-11-3-9-22-26(24)31(28)27-23(34-22)10-4-12-25(27)36-30/h3-15H,1-2H3. The maximum absolute atomic E-state index is 6.71. The number of benzene rings is 3. The molecule has 5 heterocycles. The summed E-state index contributed by atoms with van der Waals surface area (Å²) in [5, 5.41) is 0. The van der Waals surface area contributed by atoms with E-state index in [1.54, 1.807) is 0 Å². The van der Waals surface area contributed by atoms with Crippen LogP contribution in [0, 0.1) is 13.8 Å². The first-order valence-electron chi connectivity index (χ1n) is 12.0. The first-order chi connectivity index (χ1) is 17.7. The molecule has 0 radical (unpaired) electrons. The zero-order valence-electron chi connectivity index (χ0n) is 19.7. The molecule has 0 unspecified atom stereocenters. The fourth-order valence-corrected chi connectivity index (χ4v) is 5.83. The average molecular weight is 466 g/mol. The number of ether oxygens (including phenoxy) is 3. The Hall–Kier alpha value is -4.58. The summed E-state index contributed by atoms with van der Waals surface area (Å²) < 4.78 is 19.8. The maximum Gasteiger partial charge on any atom is 0.270 e. The minimum Gasteiger partial charge on any atom is -0.458 e. The van der Waals surface area contributed by atoms with Gasteiger partial charge in [-0.3, -0.25) is 9.97 Å². The van der Waals surface area contributed by atoms with Crippen LogP contribution in [0.4, 0.5) is 0 Å². The van der Waals surface area contributed by atoms with Gasteiger partial charge < -0.3 is 14.2 Å². The molecule has 3 aromatic carbocycles. The molecule has 0 atom stereocenters. The summed E-state index contributed by atoms with van der Waals surface area (Å²) in [4.78, 5) is 9.17. The van der Waals surface area contributed by atoms with Crippen molar-refractivity contribution in [2.75, 3.05) is 0 Å². The van der Waals surface area contributed by atoms with E-state index >= 15 is 0 Å². The monoisotopic (exact) mass is 466 g/mol. The Labute approximate surface area is 208 Å². The minimum absolute atomic E-state index is 0.0590. The van der Waals surface area contributed by atoms with E-state index in [0.29, 0.717) is 0 Å². The fourth-order valence-electron chi connectivity index (χ4n) is 5.83. The minimum atomic E-state index is -0.0590. The number of rotatable bonds is 2. The van der Waals surface area contributed by atoms with Gasteiger partial charge in [0.15, 0.2) is 0 Å². The van der Waals surface area contributed by atoms with E-state index in [0.717, 1.165) is 84.5 Å². The van der Waals surface area contributed by atoms with Crippen molar-refractivity contribution in [1.29, 1.82) is 0 Å². The molecular weight excluding hydrogens is 447 g/mol. The van der Waals surface area contributed by atoms with Crippen LogP contribution >= 0.6 is 0 Å². The van der Waals surface area contributed by atoms with Gasteiger partial charge in [-0.25, -0.2) is 0 Å². The van der Waals surface area contributed by atoms with E-state index in [9.17, 15) is 0 Å². The molecule has 3 aliphatic heterocycles. The van der Waals surface area contributed by atoms with E-state index in [1.165, 1.54) is 0 Å². The molecule has 36 heavy (non-hydrogen) atoms. The molecule has 170 valence electrons. The predicted molar refractivity (Wildman–Crippen MR) is 140 cm³/mol. The van der Waals surface area contributed by atoms with Crippen LogP contribution in [-0.4, -0.2) is 16.7 Å². The Balaban J connectivity index is 1.54. The van der Waals surface area contributed by atoms with Gasteiger partial charge in [0.25, 0.3) is 6.71 Å². The molecule has 2 aromatic heterocycles. The van der Waals surface area contributed by atoms with Gasteiger partial charge in [-0.15, -0.1) is 0 Å². The molecule has 0 N–H and O–H groups in total. The highest BCUT2D eigenvalue weighted by atomic mass is 16.5. The van der Waals surface area contributed by atoms with Gasteiger partial charge in [0, 0.05) is 62.4 Å². The maximum atomic E-state index is 6.71. The van der Waals surface area contributed by atoms with Crippen LogP contribution < -0.4 is 30.6 Å². The molecule has 8 rings (SSSR count). The van der Waals surface area contributed by atoms with Gasteiger partial charge in [-0.2, -0.15) is 0 Å². The van der Waals surface area contributed by atoms with Crippen molar-refractivity contribution in [3.05, 3.63) is 90.5 Å². The topological polar surface area (TPSA) is 53.5 Å². The highest BCUT2D eigenvalue weighted by Crippen LogP contribution is 2.49. The zero-order valence-corrected chi connectivity index (χ0v) is 19.7. The van der Waals surface area contributed by atoms with Crippen LogP contribution in [-0.2, 0) is 0 Å². The van der Waals surface area contributed by atoms with Crippen LogP contribution in [0.2, 0.25) is 0 Å². The van der Waals surface area contributed by atoms with Crippen molar-refractivity contribution in [1.82, 2.24) is 9.97 Å². The molecule has 6 heteroatoms. The number of hydrogen-bond acceptors (Lipinski definition) is 5. The largest absolute Gasteiger partial charge is 0.458 e. The number of aryl methyl sites for hydroxylation is 2. The molecule has 5 aromatic rings. The van der Waals surface area contributed by atoms with Crippen molar-refractivity contribution in [3.8, 4) is 56.8 Å². The lowest BCUT2D eigenvalue weighted by Gasteiger charge is -2.39. The number of aromatic nitrogens is 2. The van der Waals surface area contributed by atoms with Crippen LogP contribution in [0.5, 0.6) is 34.5 Å². The number of hydrogen-bond donors (Lipinski definition) is 0. The van der Waals surface area contributed by atoms with Gasteiger partial charge in [0.2, 0.25) is 0 Å². The lowest BCUT2D eigenvalue weighted by molar-refractivity contribution is 0.444. The summed E-state index contributed by atoms with van der Waals surface area (Å²) in [6, 6.07) is 22.3. The molecular formula is C30H19BN2O3. The molecule has 0 spiro atoms. The Morgan fingerprint density at radius 3 is 1.47 bits per heavy atom. The molecule has 3 aliphatic rings. The third-order valence-corrected chi connectivity index (χ3v) is 7.42. The van der Waals surface area contributed by atoms with E-state index in [-0.39, 0.29) is 6.71 Å². The van der Waals surface area contributed by atoms with Crippen molar-refractivity contribution < 1.29 is 14.2 Å². The average Bonchev–Trinajstić information content (AvgIpc) is 2.90. The fraction of sp³-hybridized carbons (Fsp3) is 0.0667. The van der Waals surface area contributed by atoms with E-state index in [2.05, 4.69) is 28.2 Å². The summed E-state index contributed by atoms with van der Waals surface area (Å²) in [5.74, 6) is 4.88. The Bertz CT molecular complexity index is 1640. The van der Waals surface area contributed by atoms with Gasteiger partial charge in [-0.1, -0.05) is 24.3 Å². The summed E-state index contributed by atoms with van der Waals surface area (Å²) in [6.07, 6.45) is 3.64. The van der Waals surface area contributed by atoms with E-state index < -0.39 is 0 Å². The van der Waals surface area contributed by atoms with Crippen LogP contribution in [0.15, 0.2) is 79.1 Å². The van der Waals surface area contributed by atoms with Crippen LogP contribution in [0.1, 0.15) is 11.4 Å². The SMILES string of the molecule is Cc1ncccc1-c1cc(-c2cccnc2C)c2c3c1Oc1cccc4c1B3c1c(cccc1O2)O4. The molecule has 0 saturated heterocycles. The van der Waals surface area contributed by atoms with E-state index in [4.69, 9.17) is 14.2 Å². The summed E-state index contributed by atoms with van der Waals surface area (Å²) in [5.41, 5.74) is 9.04. The predicted octanol–water partition coefficient (Wildman–Crippen LogP) is 5.26. The molecule has 0 fully saturated rings. The molecule has 0 aliphatic carbocycles. The number of nitrogens with zero attached hydrogens (tertiary/aromatic N) is 2. The van der Waals surface area contributed by atoms with Crippen LogP contribution in [0.25, 0.3) is 22.3 Å². The Morgan fingerprint density at radius 2 is 1.00 bits per heavy atom. The second-order valence-electron chi connectivity index (χ2n) is 9.39. The van der Waals surface area contributed by atoms with Gasteiger partial charge >= 0.3 is 0 Å². The van der Waals surface area contributed by atoms with Gasteiger partial charge in [0.05, 0.1) is 0 Å². The molecule has 0 saturated carbocycles. The zero-order chi connectivity index (χ0) is 24.0. The molecule has 5 nitrogen and oxygen atoms in total. The van der Waals surface area contributed by atoms with Gasteiger partial charge in [-0.05, 0) is 56.3 Å². The summed E-state index contributed by atoms with van der Waals surface area (Å²) in [6.45, 7) is 4.00. The molecule has 0 amide bonds. The second kappa shape index (κ2) is 6.98. The van der Waals surface area contributed by atoms with Crippen molar-refractivity contribution in [3.63, 3.8) is 0 Å². The second-order valence-corrected chi connectivity index (χ2v) is 9.39. The first-order valence-corrected chi connectivity index (χ1v) is 12.0. The highest BCUT2D eigenvalue weighted by Gasteiger charge is 2.48. The quantitative estimate of drug-likeness (QED) is 0.326. The van der Waals surface area contributed by atoms with Crippen molar-refractivity contribution >= 4 is 23.1 Å². The Kier molecular flexibility index (Phi) is 3.82. The third-order valence-electron chi connectivity index (χ3n) is 7.42. The summed E-state index contributed by atoms with van der Waals surface area (Å²) in [7, 11) is 0. The summed E-state index contributed by atoms with van der Waals surface area (Å²) >= 11 is 0. The Morgan fingerprint density at radius 1 is 0.528 bits per heavy atom. The smallest absolute Gasteiger partial charge is 0.270 e. The van der Waals surface area contributed by atoms with E-state index in [1.807, 2.05) is 74.8 Å². The number of pyridine rings is 2. The highest BCUT2D eigenvalue weighted by molar-refractivity contribution is 6.99. The normalized spacial score (nSPS) is 13.3. The van der Waals surface area contributed by atoms with Crippen molar-refractivity contribution in [2.24, 2.45) is 0 Å².